The van der Waals surface area contributed by atoms with Crippen molar-refractivity contribution in [3.05, 3.63) is 56.6 Å². The van der Waals surface area contributed by atoms with Crippen molar-refractivity contribution < 1.29 is 23.6 Å². The predicted octanol–water partition coefficient (Wildman–Crippen LogP) is 4.24. The molecule has 3 heterocycles. The molecular weight excluding hydrogens is 598 g/mol. The van der Waals surface area contributed by atoms with Crippen LogP contribution in [0, 0.1) is 16.5 Å². The lowest BCUT2D eigenvalue weighted by molar-refractivity contribution is -0.141. The molecule has 11 heteroatoms. The van der Waals surface area contributed by atoms with Gasteiger partial charge in [-0.25, -0.2) is 9.37 Å². The number of aromatic nitrogens is 2. The second-order valence-corrected chi connectivity index (χ2v) is 11.2. The van der Waals surface area contributed by atoms with Gasteiger partial charge in [0.15, 0.2) is 5.76 Å². The number of alkyl halides is 1. The highest BCUT2D eigenvalue weighted by molar-refractivity contribution is 14.1. The Morgan fingerprint density at radius 3 is 2.61 bits per heavy atom. The van der Waals surface area contributed by atoms with Gasteiger partial charge in [0.2, 0.25) is 11.8 Å². The first-order valence-electron chi connectivity index (χ1n) is 11.7. The van der Waals surface area contributed by atoms with Gasteiger partial charge in [-0.15, -0.1) is 11.3 Å². The summed E-state index contributed by atoms with van der Waals surface area (Å²) in [5, 5.41) is 16.9. The second kappa shape index (κ2) is 11.3. The number of rotatable bonds is 8. The highest BCUT2D eigenvalue weighted by Gasteiger charge is 2.43. The van der Waals surface area contributed by atoms with Crippen LogP contribution in [0.5, 0.6) is 0 Å². The Morgan fingerprint density at radius 1 is 1.33 bits per heavy atom. The van der Waals surface area contributed by atoms with Gasteiger partial charge < -0.3 is 19.8 Å². The minimum atomic E-state index is -0.913. The molecule has 2 N–H and O–H groups in total. The molecule has 1 aromatic carbocycles. The van der Waals surface area contributed by atoms with Crippen molar-refractivity contribution >= 4 is 45.7 Å². The van der Waals surface area contributed by atoms with Crippen molar-refractivity contribution in [3.8, 4) is 10.4 Å². The van der Waals surface area contributed by atoms with Crippen LogP contribution in [0.15, 0.2) is 40.4 Å². The third-order valence-electron chi connectivity index (χ3n) is 6.40. The highest BCUT2D eigenvalue weighted by Crippen LogP contribution is 2.32. The summed E-state index contributed by atoms with van der Waals surface area (Å²) < 4.78 is 20.0. The molecule has 8 nitrogen and oxygen atoms in total. The molecule has 192 valence electrons. The van der Waals surface area contributed by atoms with Crippen molar-refractivity contribution in [1.82, 2.24) is 20.4 Å². The summed E-state index contributed by atoms with van der Waals surface area (Å²) in [6, 6.07) is 7.24. The van der Waals surface area contributed by atoms with Crippen LogP contribution in [0.4, 0.5) is 4.39 Å². The number of aliphatic hydroxyl groups excluding tert-OH is 1. The number of aryl methyl sites for hydroxylation is 1. The number of β-amino-alcohol motifs (C(OH)–C–C–N with tert-alkyl or cyclic N) is 1. The molecule has 0 saturated carbocycles. The number of hydrogen-bond donors (Lipinski definition) is 2. The van der Waals surface area contributed by atoms with E-state index in [1.165, 1.54) is 16.2 Å². The molecule has 0 spiro atoms. The minimum absolute atomic E-state index is 0.0224. The number of carbonyl (C=O) groups is 2. The zero-order valence-electron chi connectivity index (χ0n) is 20.1. The van der Waals surface area contributed by atoms with Crippen LogP contribution in [-0.2, 0) is 9.59 Å². The maximum absolute atomic E-state index is 14.0. The Balaban J connectivity index is 1.50. The molecular formula is C25H28FIN4O4S. The van der Waals surface area contributed by atoms with Crippen LogP contribution in [0.2, 0.25) is 0 Å². The highest BCUT2D eigenvalue weighted by atomic mass is 127. The summed E-state index contributed by atoms with van der Waals surface area (Å²) >= 11 is 3.53. The van der Waals surface area contributed by atoms with E-state index >= 15 is 0 Å². The third kappa shape index (κ3) is 5.62. The van der Waals surface area contributed by atoms with Gasteiger partial charge in [0.05, 0.1) is 28.2 Å². The number of thiazole rings is 1. The molecule has 2 amide bonds. The Kier molecular flexibility index (Phi) is 8.41. The van der Waals surface area contributed by atoms with Gasteiger partial charge in [-0.3, -0.25) is 9.59 Å². The number of carbonyl (C=O) groups excluding carboxylic acids is 2. The molecule has 36 heavy (non-hydrogen) atoms. The van der Waals surface area contributed by atoms with Crippen LogP contribution in [0.3, 0.4) is 0 Å². The molecule has 1 saturated heterocycles. The largest absolute Gasteiger partial charge is 0.391 e. The van der Waals surface area contributed by atoms with E-state index < -0.39 is 36.7 Å². The first-order valence-corrected chi connectivity index (χ1v) is 13.6. The third-order valence-corrected chi connectivity index (χ3v) is 7.88. The van der Waals surface area contributed by atoms with Gasteiger partial charge in [0.25, 0.3) is 0 Å². The number of halogens is 2. The summed E-state index contributed by atoms with van der Waals surface area (Å²) in [6.45, 7) is 4.92. The normalized spacial score (nSPS) is 19.5. The summed E-state index contributed by atoms with van der Waals surface area (Å²) in [5.74, 6) is -1.18. The topological polar surface area (TPSA) is 109 Å². The molecule has 2 aromatic heterocycles. The number of hydrogen-bond acceptors (Lipinski definition) is 7. The van der Waals surface area contributed by atoms with Crippen molar-refractivity contribution in [1.29, 1.82) is 0 Å². The average Bonchev–Trinajstić information content (AvgIpc) is 3.57. The van der Waals surface area contributed by atoms with Crippen molar-refractivity contribution in [2.45, 2.75) is 51.3 Å². The molecule has 1 aliphatic rings. The van der Waals surface area contributed by atoms with Crippen LogP contribution < -0.4 is 5.32 Å². The SMILES string of the molecule is Cc1ncsc1-c1ccc(C(CF)NC(=O)C2CC(O)CN2C(=O)C(c2cc(I)no2)C(C)C)cc1. The quantitative estimate of drug-likeness (QED) is 0.363. The molecule has 4 unspecified atom stereocenters. The zero-order chi connectivity index (χ0) is 26.0. The minimum Gasteiger partial charge on any atom is -0.391 e. The van der Waals surface area contributed by atoms with E-state index in [4.69, 9.17) is 4.52 Å². The number of nitrogens with one attached hydrogen (secondary N) is 1. The van der Waals surface area contributed by atoms with Crippen molar-refractivity contribution in [3.63, 3.8) is 0 Å². The Morgan fingerprint density at radius 2 is 2.06 bits per heavy atom. The lowest BCUT2D eigenvalue weighted by Gasteiger charge is -2.29. The zero-order valence-corrected chi connectivity index (χ0v) is 23.1. The van der Waals surface area contributed by atoms with E-state index in [-0.39, 0.29) is 24.8 Å². The molecule has 0 aliphatic carbocycles. The first kappa shape index (κ1) is 26.7. The summed E-state index contributed by atoms with van der Waals surface area (Å²) in [4.78, 5) is 33.5. The van der Waals surface area contributed by atoms with E-state index in [1.54, 1.807) is 23.7 Å². The average molecular weight is 626 g/mol. The lowest BCUT2D eigenvalue weighted by atomic mass is 9.91. The summed E-state index contributed by atoms with van der Waals surface area (Å²) in [6.07, 6.45) is -0.767. The van der Waals surface area contributed by atoms with Crippen LogP contribution in [-0.4, -0.2) is 57.3 Å². The molecule has 1 fully saturated rings. The fourth-order valence-electron chi connectivity index (χ4n) is 4.56. The molecule has 4 atom stereocenters. The van der Waals surface area contributed by atoms with E-state index in [0.29, 0.717) is 15.0 Å². The predicted molar refractivity (Wildman–Crippen MR) is 142 cm³/mol. The van der Waals surface area contributed by atoms with E-state index in [1.807, 2.05) is 55.5 Å². The fraction of sp³-hybridized carbons (Fsp3) is 0.440. The molecule has 3 aromatic rings. The standard InChI is InChI=1S/C25H28FIN4O4S/c1-13(2)22(20-9-21(27)30-35-20)25(34)31-11-17(32)8-19(31)24(33)29-18(10-26)15-4-6-16(7-5-15)23-14(3)28-12-36-23/h4-7,9,12-13,17-19,22,32H,8,10-11H2,1-3H3,(H,29,33). The number of likely N-dealkylation sites (tertiary alicyclic amines) is 1. The van der Waals surface area contributed by atoms with Gasteiger partial charge >= 0.3 is 0 Å². The lowest BCUT2D eigenvalue weighted by Crippen LogP contribution is -2.49. The van der Waals surface area contributed by atoms with Crippen molar-refractivity contribution in [2.75, 3.05) is 13.2 Å². The fourth-order valence-corrected chi connectivity index (χ4v) is 5.77. The molecule has 1 aliphatic heterocycles. The van der Waals surface area contributed by atoms with E-state index in [2.05, 4.69) is 15.5 Å². The summed E-state index contributed by atoms with van der Waals surface area (Å²) in [7, 11) is 0. The van der Waals surface area contributed by atoms with E-state index in [0.717, 1.165) is 16.1 Å². The van der Waals surface area contributed by atoms with Crippen molar-refractivity contribution in [2.24, 2.45) is 5.92 Å². The van der Waals surface area contributed by atoms with Crippen LogP contribution in [0.1, 0.15) is 49.2 Å². The van der Waals surface area contributed by atoms with Gasteiger partial charge in [-0.1, -0.05) is 43.3 Å². The Bertz CT molecular complexity index is 1210. The number of benzene rings is 1. The number of nitrogens with zero attached hydrogens (tertiary/aromatic N) is 3. The molecule has 0 bridgehead atoms. The van der Waals surface area contributed by atoms with Gasteiger partial charge in [-0.05, 0) is 46.6 Å². The number of amides is 2. The smallest absolute Gasteiger partial charge is 0.243 e. The maximum atomic E-state index is 14.0. The molecule has 0 radical (unpaired) electrons. The van der Waals surface area contributed by atoms with Crippen LogP contribution >= 0.6 is 33.9 Å². The molecule has 4 rings (SSSR count). The first-order chi connectivity index (χ1) is 17.2. The number of aliphatic hydroxyl groups is 1. The van der Waals surface area contributed by atoms with E-state index in [9.17, 15) is 19.1 Å². The Labute approximate surface area is 226 Å². The monoisotopic (exact) mass is 626 g/mol. The maximum Gasteiger partial charge on any atom is 0.243 e. The van der Waals surface area contributed by atoms with Crippen LogP contribution in [0.25, 0.3) is 10.4 Å². The summed E-state index contributed by atoms with van der Waals surface area (Å²) in [5.41, 5.74) is 4.29. The Hall–Kier alpha value is -2.38. The van der Waals surface area contributed by atoms with Gasteiger partial charge in [0.1, 0.15) is 22.3 Å². The van der Waals surface area contributed by atoms with Gasteiger partial charge in [0, 0.05) is 19.0 Å². The second-order valence-electron chi connectivity index (χ2n) is 9.27. The van der Waals surface area contributed by atoms with Gasteiger partial charge in [-0.2, -0.15) is 0 Å².